The van der Waals surface area contributed by atoms with Crippen LogP contribution in [0.1, 0.15) is 49.9 Å². The fourth-order valence-electron chi connectivity index (χ4n) is 4.49. The average molecular weight is 451 g/mol. The minimum atomic E-state index is -0.758. The lowest BCUT2D eigenvalue weighted by molar-refractivity contribution is 0.151. The van der Waals surface area contributed by atoms with Crippen molar-refractivity contribution in [3.63, 3.8) is 0 Å². The normalized spacial score (nSPS) is 11.6. The molecule has 4 aromatic rings. The molecule has 0 saturated heterocycles. The molecule has 0 radical (unpaired) electrons. The Morgan fingerprint density at radius 1 is 0.559 bits per heavy atom. The van der Waals surface area contributed by atoms with Crippen molar-refractivity contribution >= 4 is 6.16 Å². The molecule has 3 nitrogen and oxygen atoms in total. The van der Waals surface area contributed by atoms with E-state index >= 15 is 0 Å². The van der Waals surface area contributed by atoms with Gasteiger partial charge in [-0.05, 0) is 34.9 Å². The molecule has 0 aromatic heterocycles. The van der Waals surface area contributed by atoms with Gasteiger partial charge in [0.2, 0.25) is 0 Å². The molecule has 0 N–H and O–H groups in total. The topological polar surface area (TPSA) is 35.5 Å². The van der Waals surface area contributed by atoms with E-state index in [4.69, 9.17) is 9.47 Å². The summed E-state index contributed by atoms with van der Waals surface area (Å²) in [6.45, 7) is 8.73. The lowest BCUT2D eigenvalue weighted by atomic mass is 9.68. The molecule has 0 unspecified atom stereocenters. The van der Waals surface area contributed by atoms with Crippen molar-refractivity contribution in [3.8, 4) is 11.5 Å². The first-order valence-corrected chi connectivity index (χ1v) is 11.5. The smallest absolute Gasteiger partial charge is 0.395 e. The number of benzene rings is 4. The minimum Gasteiger partial charge on any atom is -0.395 e. The highest BCUT2D eigenvalue weighted by atomic mass is 16.7. The molecular weight excluding hydrogens is 420 g/mol. The van der Waals surface area contributed by atoms with Crippen molar-refractivity contribution in [1.29, 1.82) is 0 Å². The van der Waals surface area contributed by atoms with Gasteiger partial charge in [0.15, 0.2) is 0 Å². The summed E-state index contributed by atoms with van der Waals surface area (Å²) in [5.74, 6) is 0.938. The Balaban J connectivity index is 1.83. The predicted molar refractivity (Wildman–Crippen MR) is 137 cm³/mol. The summed E-state index contributed by atoms with van der Waals surface area (Å²) in [5, 5.41) is 0. The Bertz CT molecular complexity index is 1240. The number of rotatable bonds is 6. The SMILES string of the molecule is CC(C)(c1ccccc1)c1cccc(OC(=O)Oc2ccccc2)c1C(C)(C)c1ccccc1. The Morgan fingerprint density at radius 3 is 1.62 bits per heavy atom. The van der Waals surface area contributed by atoms with Crippen LogP contribution in [-0.2, 0) is 10.8 Å². The molecule has 0 bridgehead atoms. The van der Waals surface area contributed by atoms with Gasteiger partial charge in [0, 0.05) is 16.4 Å². The average Bonchev–Trinajstić information content (AvgIpc) is 2.85. The number of hydrogen-bond acceptors (Lipinski definition) is 3. The molecule has 0 atom stereocenters. The van der Waals surface area contributed by atoms with Crippen molar-refractivity contribution < 1.29 is 14.3 Å². The maximum atomic E-state index is 12.8. The standard InChI is InChI=1S/C31H30O3/c1-30(2,23-15-8-5-9-16-23)26-21-14-22-27(34-29(32)33-25-19-12-7-13-20-25)28(26)31(3,4)24-17-10-6-11-18-24/h5-22H,1-4H3. The maximum Gasteiger partial charge on any atom is 0.519 e. The van der Waals surface area contributed by atoms with Gasteiger partial charge in [-0.25, -0.2) is 4.79 Å². The zero-order valence-electron chi connectivity index (χ0n) is 20.1. The summed E-state index contributed by atoms with van der Waals surface area (Å²) >= 11 is 0. The second-order valence-corrected chi connectivity index (χ2v) is 9.43. The van der Waals surface area contributed by atoms with Crippen LogP contribution in [0.2, 0.25) is 0 Å². The van der Waals surface area contributed by atoms with Crippen molar-refractivity contribution in [2.24, 2.45) is 0 Å². The fraction of sp³-hybridized carbons (Fsp3) is 0.194. The Hall–Kier alpha value is -3.85. The van der Waals surface area contributed by atoms with Gasteiger partial charge in [0.05, 0.1) is 0 Å². The molecule has 0 amide bonds. The van der Waals surface area contributed by atoms with Crippen LogP contribution in [0.15, 0.2) is 109 Å². The molecule has 0 saturated carbocycles. The molecule has 4 aromatic carbocycles. The monoisotopic (exact) mass is 450 g/mol. The Labute approximate surface area is 202 Å². The van der Waals surface area contributed by atoms with Crippen LogP contribution in [0.4, 0.5) is 4.79 Å². The molecule has 0 heterocycles. The first-order valence-electron chi connectivity index (χ1n) is 11.5. The minimum absolute atomic E-state index is 0.328. The van der Waals surface area contributed by atoms with Crippen molar-refractivity contribution in [3.05, 3.63) is 131 Å². The van der Waals surface area contributed by atoms with E-state index in [0.29, 0.717) is 11.5 Å². The van der Waals surface area contributed by atoms with Gasteiger partial charge in [-0.2, -0.15) is 0 Å². The van der Waals surface area contributed by atoms with Crippen LogP contribution >= 0.6 is 0 Å². The van der Waals surface area contributed by atoms with Gasteiger partial charge < -0.3 is 9.47 Å². The molecular formula is C31H30O3. The Morgan fingerprint density at radius 2 is 1.06 bits per heavy atom. The molecule has 172 valence electrons. The second-order valence-electron chi connectivity index (χ2n) is 9.43. The van der Waals surface area contributed by atoms with E-state index in [2.05, 4.69) is 70.2 Å². The summed E-state index contributed by atoms with van der Waals surface area (Å²) < 4.78 is 11.3. The number of carbonyl (C=O) groups is 1. The molecule has 0 aliphatic rings. The van der Waals surface area contributed by atoms with E-state index in [1.54, 1.807) is 12.1 Å². The quantitative estimate of drug-likeness (QED) is 0.221. The molecule has 0 aliphatic carbocycles. The highest BCUT2D eigenvalue weighted by Crippen LogP contribution is 2.45. The zero-order valence-corrected chi connectivity index (χ0v) is 20.1. The highest BCUT2D eigenvalue weighted by molar-refractivity contribution is 5.69. The van der Waals surface area contributed by atoms with Gasteiger partial charge in [-0.1, -0.05) is 119 Å². The Kier molecular flexibility index (Phi) is 6.56. The zero-order chi connectivity index (χ0) is 24.2. The molecule has 0 fully saturated rings. The third kappa shape index (κ3) is 4.74. The molecule has 4 rings (SSSR count). The third-order valence-electron chi connectivity index (χ3n) is 6.45. The van der Waals surface area contributed by atoms with Crippen LogP contribution in [0.25, 0.3) is 0 Å². The van der Waals surface area contributed by atoms with E-state index in [9.17, 15) is 4.79 Å². The number of ether oxygens (including phenoxy) is 2. The number of hydrogen-bond donors (Lipinski definition) is 0. The van der Waals surface area contributed by atoms with E-state index in [1.165, 1.54) is 5.56 Å². The lowest BCUT2D eigenvalue weighted by Gasteiger charge is -2.36. The van der Waals surface area contributed by atoms with E-state index < -0.39 is 11.6 Å². The summed E-state index contributed by atoms with van der Waals surface area (Å²) in [6.07, 6.45) is -0.758. The highest BCUT2D eigenvalue weighted by Gasteiger charge is 2.36. The lowest BCUT2D eigenvalue weighted by Crippen LogP contribution is -2.29. The van der Waals surface area contributed by atoms with Crippen LogP contribution in [0, 0.1) is 0 Å². The van der Waals surface area contributed by atoms with Crippen LogP contribution in [0.3, 0.4) is 0 Å². The largest absolute Gasteiger partial charge is 0.519 e. The van der Waals surface area contributed by atoms with Crippen molar-refractivity contribution in [2.45, 2.75) is 38.5 Å². The number of para-hydroxylation sites is 1. The van der Waals surface area contributed by atoms with Crippen LogP contribution in [0.5, 0.6) is 11.5 Å². The number of carbonyl (C=O) groups excluding carboxylic acids is 1. The fourth-order valence-corrected chi connectivity index (χ4v) is 4.49. The first-order chi connectivity index (χ1) is 16.3. The van der Waals surface area contributed by atoms with Crippen molar-refractivity contribution in [2.75, 3.05) is 0 Å². The third-order valence-corrected chi connectivity index (χ3v) is 6.45. The van der Waals surface area contributed by atoms with Gasteiger partial charge in [0.25, 0.3) is 0 Å². The molecule has 0 spiro atoms. The second kappa shape index (κ2) is 9.56. The predicted octanol–water partition coefficient (Wildman–Crippen LogP) is 7.92. The summed E-state index contributed by atoms with van der Waals surface area (Å²) in [5.41, 5.74) is 3.60. The van der Waals surface area contributed by atoms with E-state index in [-0.39, 0.29) is 5.41 Å². The van der Waals surface area contributed by atoms with Gasteiger partial charge in [-0.15, -0.1) is 0 Å². The first kappa shape index (κ1) is 23.3. The van der Waals surface area contributed by atoms with Gasteiger partial charge >= 0.3 is 6.16 Å². The van der Waals surface area contributed by atoms with Crippen molar-refractivity contribution in [1.82, 2.24) is 0 Å². The summed E-state index contributed by atoms with van der Waals surface area (Å²) in [4.78, 5) is 12.8. The van der Waals surface area contributed by atoms with Crippen LogP contribution < -0.4 is 9.47 Å². The summed E-state index contributed by atoms with van der Waals surface area (Å²) in [7, 11) is 0. The summed E-state index contributed by atoms with van der Waals surface area (Å²) in [6, 6.07) is 35.6. The van der Waals surface area contributed by atoms with Gasteiger partial charge in [0.1, 0.15) is 11.5 Å². The van der Waals surface area contributed by atoms with E-state index in [1.807, 2.05) is 54.6 Å². The molecule has 3 heteroatoms. The molecule has 0 aliphatic heterocycles. The van der Waals surface area contributed by atoms with E-state index in [0.717, 1.165) is 16.7 Å². The van der Waals surface area contributed by atoms with Gasteiger partial charge in [-0.3, -0.25) is 0 Å². The molecule has 34 heavy (non-hydrogen) atoms. The maximum absolute atomic E-state index is 12.8. The van der Waals surface area contributed by atoms with Crippen LogP contribution in [-0.4, -0.2) is 6.16 Å².